The summed E-state index contributed by atoms with van der Waals surface area (Å²) in [6.07, 6.45) is 5.32. The summed E-state index contributed by atoms with van der Waals surface area (Å²) in [5.74, 6) is 2.58. The van der Waals surface area contributed by atoms with Crippen molar-refractivity contribution in [1.82, 2.24) is 5.32 Å². The van der Waals surface area contributed by atoms with Crippen molar-refractivity contribution in [3.05, 3.63) is 65.7 Å². The van der Waals surface area contributed by atoms with E-state index >= 15 is 0 Å². The van der Waals surface area contributed by atoms with Crippen molar-refractivity contribution in [2.24, 2.45) is 0 Å². The Balaban J connectivity index is 1.93. The van der Waals surface area contributed by atoms with Crippen LogP contribution >= 0.6 is 12.2 Å². The van der Waals surface area contributed by atoms with Crippen LogP contribution in [0, 0.1) is 12.3 Å². The molecular formula is C17H16N2S. The van der Waals surface area contributed by atoms with Crippen molar-refractivity contribution in [3.63, 3.8) is 0 Å². The summed E-state index contributed by atoms with van der Waals surface area (Å²) >= 11 is 5.31. The molecule has 20 heavy (non-hydrogen) atoms. The van der Waals surface area contributed by atoms with Gasteiger partial charge in [0.05, 0.1) is 6.04 Å². The van der Waals surface area contributed by atoms with Gasteiger partial charge >= 0.3 is 0 Å². The molecule has 0 spiro atoms. The summed E-state index contributed by atoms with van der Waals surface area (Å²) in [6.45, 7) is 2.07. The van der Waals surface area contributed by atoms with Crippen LogP contribution in [0.5, 0.6) is 0 Å². The lowest BCUT2D eigenvalue weighted by Crippen LogP contribution is -2.30. The highest BCUT2D eigenvalue weighted by atomic mass is 32.1. The van der Waals surface area contributed by atoms with E-state index in [1.807, 2.05) is 42.5 Å². The van der Waals surface area contributed by atoms with E-state index in [0.29, 0.717) is 5.11 Å². The molecule has 0 aliphatic heterocycles. The second-order valence-corrected chi connectivity index (χ2v) is 4.86. The highest BCUT2D eigenvalue weighted by Crippen LogP contribution is 2.12. The minimum Gasteiger partial charge on any atom is -0.356 e. The fourth-order valence-corrected chi connectivity index (χ4v) is 2.13. The van der Waals surface area contributed by atoms with Crippen molar-refractivity contribution in [2.75, 3.05) is 5.32 Å². The van der Waals surface area contributed by atoms with E-state index in [1.165, 1.54) is 5.56 Å². The molecule has 0 aliphatic carbocycles. The van der Waals surface area contributed by atoms with Crippen LogP contribution in [0.15, 0.2) is 54.6 Å². The van der Waals surface area contributed by atoms with E-state index in [2.05, 4.69) is 35.6 Å². The lowest BCUT2D eigenvalue weighted by atomic mass is 10.1. The van der Waals surface area contributed by atoms with Crippen molar-refractivity contribution < 1.29 is 0 Å². The SMILES string of the molecule is C#Cc1ccc(NC(=S)NC(C)c2ccccc2)cc1. The Morgan fingerprint density at radius 3 is 2.35 bits per heavy atom. The molecule has 0 amide bonds. The zero-order chi connectivity index (χ0) is 14.4. The first kappa shape index (κ1) is 14.1. The Labute approximate surface area is 125 Å². The molecular weight excluding hydrogens is 264 g/mol. The van der Waals surface area contributed by atoms with E-state index in [4.69, 9.17) is 18.6 Å². The molecule has 1 unspecified atom stereocenters. The van der Waals surface area contributed by atoms with Crippen LogP contribution in [-0.4, -0.2) is 5.11 Å². The van der Waals surface area contributed by atoms with Crippen molar-refractivity contribution in [3.8, 4) is 12.3 Å². The molecule has 100 valence electrons. The molecule has 3 heteroatoms. The predicted octanol–water partition coefficient (Wildman–Crippen LogP) is 3.72. The summed E-state index contributed by atoms with van der Waals surface area (Å²) in [4.78, 5) is 0. The number of thiocarbonyl (C=S) groups is 1. The van der Waals surface area contributed by atoms with E-state index in [-0.39, 0.29) is 6.04 Å². The third-order valence-electron chi connectivity index (χ3n) is 2.96. The van der Waals surface area contributed by atoms with Crippen LogP contribution in [0.1, 0.15) is 24.1 Å². The van der Waals surface area contributed by atoms with Crippen LogP contribution < -0.4 is 10.6 Å². The van der Waals surface area contributed by atoms with Crippen LogP contribution in [-0.2, 0) is 0 Å². The molecule has 2 N–H and O–H groups in total. The van der Waals surface area contributed by atoms with E-state index in [0.717, 1.165) is 11.3 Å². The topological polar surface area (TPSA) is 24.1 Å². The second kappa shape index (κ2) is 6.74. The number of terminal acetylenes is 1. The molecule has 2 aromatic rings. The largest absolute Gasteiger partial charge is 0.356 e. The third-order valence-corrected chi connectivity index (χ3v) is 3.18. The number of hydrogen-bond donors (Lipinski definition) is 2. The normalized spacial score (nSPS) is 11.2. The van der Waals surface area contributed by atoms with Crippen molar-refractivity contribution in [1.29, 1.82) is 0 Å². The van der Waals surface area contributed by atoms with Gasteiger partial charge in [-0.3, -0.25) is 0 Å². The number of anilines is 1. The van der Waals surface area contributed by atoms with Crippen LogP contribution in [0.25, 0.3) is 0 Å². The number of benzene rings is 2. The first-order valence-electron chi connectivity index (χ1n) is 6.38. The molecule has 0 fully saturated rings. The van der Waals surface area contributed by atoms with Gasteiger partial charge in [0.1, 0.15) is 0 Å². The lowest BCUT2D eigenvalue weighted by Gasteiger charge is -2.17. The van der Waals surface area contributed by atoms with Gasteiger partial charge in [0.15, 0.2) is 5.11 Å². The molecule has 2 nitrogen and oxygen atoms in total. The Morgan fingerprint density at radius 1 is 1.10 bits per heavy atom. The molecule has 0 saturated carbocycles. The highest BCUT2D eigenvalue weighted by molar-refractivity contribution is 7.80. The minimum absolute atomic E-state index is 0.154. The minimum atomic E-state index is 0.154. The van der Waals surface area contributed by atoms with Crippen molar-refractivity contribution in [2.45, 2.75) is 13.0 Å². The van der Waals surface area contributed by atoms with Crippen molar-refractivity contribution >= 4 is 23.0 Å². The Bertz CT molecular complexity index is 612. The smallest absolute Gasteiger partial charge is 0.171 e. The predicted molar refractivity (Wildman–Crippen MR) is 88.6 cm³/mol. The molecule has 0 saturated heterocycles. The fourth-order valence-electron chi connectivity index (χ4n) is 1.84. The summed E-state index contributed by atoms with van der Waals surface area (Å²) in [6, 6.07) is 17.9. The monoisotopic (exact) mass is 280 g/mol. The Morgan fingerprint density at radius 2 is 1.75 bits per heavy atom. The van der Waals surface area contributed by atoms with Gasteiger partial charge in [-0.25, -0.2) is 0 Å². The summed E-state index contributed by atoms with van der Waals surface area (Å²) in [5, 5.41) is 6.99. The van der Waals surface area contributed by atoms with Gasteiger partial charge in [-0.05, 0) is 49.0 Å². The standard InChI is InChI=1S/C17H16N2S/c1-3-14-9-11-16(12-10-14)19-17(20)18-13(2)15-7-5-4-6-8-15/h1,4-13H,2H3,(H2,18,19,20). The summed E-state index contributed by atoms with van der Waals surface area (Å²) in [7, 11) is 0. The maximum Gasteiger partial charge on any atom is 0.171 e. The van der Waals surface area contributed by atoms with Gasteiger partial charge in [0.25, 0.3) is 0 Å². The molecule has 0 heterocycles. The van der Waals surface area contributed by atoms with Crippen LogP contribution in [0.4, 0.5) is 5.69 Å². The molecule has 2 aromatic carbocycles. The van der Waals surface area contributed by atoms with Crippen LogP contribution in [0.3, 0.4) is 0 Å². The van der Waals surface area contributed by atoms with Gasteiger partial charge in [-0.15, -0.1) is 6.42 Å². The number of nitrogens with one attached hydrogen (secondary N) is 2. The number of rotatable bonds is 3. The van der Waals surface area contributed by atoms with Gasteiger partial charge in [0.2, 0.25) is 0 Å². The summed E-state index contributed by atoms with van der Waals surface area (Å²) < 4.78 is 0. The lowest BCUT2D eigenvalue weighted by molar-refractivity contribution is 0.722. The van der Waals surface area contributed by atoms with E-state index in [1.54, 1.807) is 0 Å². The van der Waals surface area contributed by atoms with Gasteiger partial charge < -0.3 is 10.6 Å². The van der Waals surface area contributed by atoms with Crippen LogP contribution in [0.2, 0.25) is 0 Å². The maximum absolute atomic E-state index is 5.32. The molecule has 0 bridgehead atoms. The highest BCUT2D eigenvalue weighted by Gasteiger charge is 2.06. The van der Waals surface area contributed by atoms with Gasteiger partial charge in [-0.2, -0.15) is 0 Å². The third kappa shape index (κ3) is 3.84. The number of hydrogen-bond acceptors (Lipinski definition) is 1. The van der Waals surface area contributed by atoms with E-state index in [9.17, 15) is 0 Å². The first-order valence-corrected chi connectivity index (χ1v) is 6.79. The summed E-state index contributed by atoms with van der Waals surface area (Å²) in [5.41, 5.74) is 2.97. The quantitative estimate of drug-likeness (QED) is 0.662. The first-order chi connectivity index (χ1) is 9.69. The van der Waals surface area contributed by atoms with Gasteiger partial charge in [-0.1, -0.05) is 36.3 Å². The second-order valence-electron chi connectivity index (χ2n) is 4.45. The van der Waals surface area contributed by atoms with E-state index < -0.39 is 0 Å². The van der Waals surface area contributed by atoms with Gasteiger partial charge in [0, 0.05) is 11.3 Å². The fraction of sp³-hybridized carbons (Fsp3) is 0.118. The Kier molecular flexibility index (Phi) is 4.75. The average molecular weight is 280 g/mol. The molecule has 2 rings (SSSR count). The molecule has 1 atom stereocenters. The molecule has 0 aromatic heterocycles. The zero-order valence-corrected chi connectivity index (χ0v) is 12.1. The maximum atomic E-state index is 5.32. The Hall–Kier alpha value is -2.31. The molecule has 0 radical (unpaired) electrons. The average Bonchev–Trinajstić information content (AvgIpc) is 2.49. The zero-order valence-electron chi connectivity index (χ0n) is 11.3. The molecule has 0 aliphatic rings.